The van der Waals surface area contributed by atoms with Crippen LogP contribution in [0, 0.1) is 17.8 Å². The molecule has 0 amide bonds. The standard InChI is InChI=1S/C24H29ClN2O2S/c1-14(25)13-29-23-19(7-16-3-4-20(30-2)8-21(16)27-23)12-26-22-17-5-15-6-18(22)11-24(28,9-15)10-17/h3-4,7-8,15,17-18,22,26,28H,1,5-6,9-13H2,2H3/t15?,17-,18-,22?,24?/m0/s1. The molecule has 4 bridgehead atoms. The molecule has 0 unspecified atom stereocenters. The van der Waals surface area contributed by atoms with Crippen molar-refractivity contribution >= 4 is 34.3 Å². The van der Waals surface area contributed by atoms with Crippen LogP contribution in [0.2, 0.25) is 0 Å². The third-order valence-electron chi connectivity index (χ3n) is 7.20. The molecule has 6 heteroatoms. The zero-order chi connectivity index (χ0) is 20.9. The Bertz CT molecular complexity index is 965. The molecule has 4 aliphatic carbocycles. The van der Waals surface area contributed by atoms with E-state index in [0.29, 0.717) is 41.3 Å². The number of thioether (sulfide) groups is 1. The van der Waals surface area contributed by atoms with E-state index < -0.39 is 5.60 Å². The summed E-state index contributed by atoms with van der Waals surface area (Å²) in [6.45, 7) is 4.69. The first-order valence-corrected chi connectivity index (χ1v) is 12.4. The van der Waals surface area contributed by atoms with Gasteiger partial charge >= 0.3 is 0 Å². The second-order valence-corrected chi connectivity index (χ2v) is 10.8. The van der Waals surface area contributed by atoms with Crippen LogP contribution in [0.1, 0.15) is 37.7 Å². The van der Waals surface area contributed by atoms with Gasteiger partial charge in [-0.2, -0.15) is 0 Å². The number of nitrogens with one attached hydrogen (secondary N) is 1. The minimum Gasteiger partial charge on any atom is -0.472 e. The number of hydrogen-bond donors (Lipinski definition) is 2. The maximum Gasteiger partial charge on any atom is 0.218 e. The molecule has 30 heavy (non-hydrogen) atoms. The number of pyridine rings is 1. The van der Waals surface area contributed by atoms with Crippen LogP contribution in [0.5, 0.6) is 5.88 Å². The van der Waals surface area contributed by atoms with Crippen molar-refractivity contribution in [3.05, 3.63) is 41.4 Å². The third kappa shape index (κ3) is 3.97. The molecule has 2 aromatic rings. The molecule has 6 rings (SSSR count). The molecule has 0 aliphatic heterocycles. The molecule has 0 spiro atoms. The maximum absolute atomic E-state index is 10.9. The fraction of sp³-hybridized carbons (Fsp3) is 0.542. The van der Waals surface area contributed by atoms with E-state index in [1.165, 1.54) is 17.7 Å². The Hall–Kier alpha value is -1.27. The Morgan fingerprint density at radius 1 is 1.30 bits per heavy atom. The summed E-state index contributed by atoms with van der Waals surface area (Å²) in [5.74, 6) is 2.49. The second kappa shape index (κ2) is 8.01. The van der Waals surface area contributed by atoms with Crippen LogP contribution in [-0.4, -0.2) is 34.6 Å². The molecule has 1 aromatic carbocycles. The highest BCUT2D eigenvalue weighted by atomic mass is 35.5. The SMILES string of the molecule is C=C(Cl)COc1nc2cc(SC)ccc2cc1CNC1[C@H]2CC3C[C@H]1CC(O)(C3)C2. The fourth-order valence-corrected chi connectivity index (χ4v) is 6.73. The molecule has 2 N–H and O–H groups in total. The summed E-state index contributed by atoms with van der Waals surface area (Å²) in [5, 5.41) is 16.2. The minimum atomic E-state index is -0.400. The van der Waals surface area contributed by atoms with Gasteiger partial charge in [-0.3, -0.25) is 0 Å². The number of hydrogen-bond acceptors (Lipinski definition) is 5. The van der Waals surface area contributed by atoms with E-state index in [4.69, 9.17) is 21.3 Å². The lowest BCUT2D eigenvalue weighted by molar-refractivity contribution is -0.138. The minimum absolute atomic E-state index is 0.249. The summed E-state index contributed by atoms with van der Waals surface area (Å²) in [5.41, 5.74) is 1.57. The smallest absolute Gasteiger partial charge is 0.218 e. The first kappa shape index (κ1) is 20.6. The van der Waals surface area contributed by atoms with Crippen molar-refractivity contribution in [2.24, 2.45) is 17.8 Å². The highest BCUT2D eigenvalue weighted by Gasteiger charge is 2.54. The van der Waals surface area contributed by atoms with Crippen molar-refractivity contribution in [3.63, 3.8) is 0 Å². The largest absolute Gasteiger partial charge is 0.472 e. The summed E-state index contributed by atoms with van der Waals surface area (Å²) in [6.07, 6.45) is 7.47. The quantitative estimate of drug-likeness (QED) is 0.580. The van der Waals surface area contributed by atoms with Gasteiger partial charge in [0.1, 0.15) is 6.61 Å². The number of aliphatic hydroxyl groups is 1. The van der Waals surface area contributed by atoms with Gasteiger partial charge in [-0.25, -0.2) is 4.98 Å². The summed E-state index contributed by atoms with van der Waals surface area (Å²) in [4.78, 5) is 5.99. The predicted molar refractivity (Wildman–Crippen MR) is 123 cm³/mol. The van der Waals surface area contributed by atoms with Crippen LogP contribution < -0.4 is 10.1 Å². The Labute approximate surface area is 187 Å². The van der Waals surface area contributed by atoms with Gasteiger partial charge < -0.3 is 15.2 Å². The molecule has 4 saturated carbocycles. The monoisotopic (exact) mass is 444 g/mol. The van der Waals surface area contributed by atoms with E-state index in [1.807, 2.05) is 0 Å². The molecular formula is C24H29ClN2O2S. The van der Waals surface area contributed by atoms with Crippen molar-refractivity contribution in [2.75, 3.05) is 12.9 Å². The molecule has 1 heterocycles. The van der Waals surface area contributed by atoms with Crippen LogP contribution in [0.25, 0.3) is 10.9 Å². The summed E-state index contributed by atoms with van der Waals surface area (Å²) < 4.78 is 5.92. The van der Waals surface area contributed by atoms with Gasteiger partial charge in [-0.15, -0.1) is 11.8 Å². The number of rotatable bonds is 7. The zero-order valence-corrected chi connectivity index (χ0v) is 18.9. The molecular weight excluding hydrogens is 416 g/mol. The maximum atomic E-state index is 10.9. The first-order valence-electron chi connectivity index (χ1n) is 10.8. The average Bonchev–Trinajstić information content (AvgIpc) is 2.69. The Balaban J connectivity index is 1.38. The lowest BCUT2D eigenvalue weighted by Crippen LogP contribution is -2.60. The van der Waals surface area contributed by atoms with E-state index in [1.54, 1.807) is 11.8 Å². The van der Waals surface area contributed by atoms with E-state index >= 15 is 0 Å². The van der Waals surface area contributed by atoms with Crippen LogP contribution in [0.4, 0.5) is 0 Å². The predicted octanol–water partition coefficient (Wildman–Crippen LogP) is 5.12. The highest BCUT2D eigenvalue weighted by Crippen LogP contribution is 2.55. The normalized spacial score (nSPS) is 32.0. The van der Waals surface area contributed by atoms with Crippen molar-refractivity contribution in [1.29, 1.82) is 0 Å². The van der Waals surface area contributed by atoms with Gasteiger partial charge in [-0.1, -0.05) is 24.2 Å². The van der Waals surface area contributed by atoms with Gasteiger partial charge in [0.05, 0.1) is 11.1 Å². The lowest BCUT2D eigenvalue weighted by atomic mass is 9.52. The van der Waals surface area contributed by atoms with Crippen LogP contribution in [-0.2, 0) is 6.54 Å². The van der Waals surface area contributed by atoms with E-state index in [-0.39, 0.29) is 6.61 Å². The first-order chi connectivity index (χ1) is 14.4. The van der Waals surface area contributed by atoms with Crippen molar-refractivity contribution in [3.8, 4) is 5.88 Å². The second-order valence-electron chi connectivity index (χ2n) is 9.42. The van der Waals surface area contributed by atoms with Gasteiger partial charge in [0, 0.05) is 33.5 Å². The van der Waals surface area contributed by atoms with Crippen LogP contribution in [0.15, 0.2) is 40.8 Å². The van der Waals surface area contributed by atoms with Crippen molar-refractivity contribution in [1.82, 2.24) is 10.3 Å². The van der Waals surface area contributed by atoms with Crippen molar-refractivity contribution < 1.29 is 9.84 Å². The topological polar surface area (TPSA) is 54.4 Å². The van der Waals surface area contributed by atoms with E-state index in [0.717, 1.165) is 35.7 Å². The number of ether oxygens (including phenoxy) is 1. The van der Waals surface area contributed by atoms with Crippen molar-refractivity contribution in [2.45, 2.75) is 55.2 Å². The molecule has 0 saturated heterocycles. The number of halogens is 1. The van der Waals surface area contributed by atoms with Crippen LogP contribution >= 0.6 is 23.4 Å². The van der Waals surface area contributed by atoms with Gasteiger partial charge in [0.15, 0.2) is 0 Å². The molecule has 4 nitrogen and oxygen atoms in total. The Kier molecular flexibility index (Phi) is 5.51. The zero-order valence-electron chi connectivity index (χ0n) is 17.4. The number of benzene rings is 1. The summed E-state index contributed by atoms with van der Waals surface area (Å²) >= 11 is 7.66. The molecule has 160 valence electrons. The summed E-state index contributed by atoms with van der Waals surface area (Å²) in [6, 6.07) is 8.99. The summed E-state index contributed by atoms with van der Waals surface area (Å²) in [7, 11) is 0. The number of aromatic nitrogens is 1. The average molecular weight is 445 g/mol. The lowest BCUT2D eigenvalue weighted by Gasteiger charge is -2.58. The molecule has 4 aliphatic rings. The number of nitrogens with zero attached hydrogens (tertiary/aromatic N) is 1. The fourth-order valence-electron chi connectivity index (χ4n) is 6.24. The van der Waals surface area contributed by atoms with Gasteiger partial charge in [-0.05, 0) is 74.3 Å². The third-order valence-corrected chi connectivity index (χ3v) is 8.03. The Morgan fingerprint density at radius 2 is 2.07 bits per heavy atom. The van der Waals surface area contributed by atoms with Gasteiger partial charge in [0.25, 0.3) is 0 Å². The molecule has 4 fully saturated rings. The molecule has 2 atom stereocenters. The number of fused-ring (bicyclic) bond motifs is 1. The highest BCUT2D eigenvalue weighted by molar-refractivity contribution is 7.98. The van der Waals surface area contributed by atoms with E-state index in [2.05, 4.69) is 42.4 Å². The molecule has 1 aromatic heterocycles. The Morgan fingerprint density at radius 3 is 2.73 bits per heavy atom. The van der Waals surface area contributed by atoms with Crippen LogP contribution in [0.3, 0.4) is 0 Å². The van der Waals surface area contributed by atoms with Gasteiger partial charge in [0.2, 0.25) is 5.88 Å². The van der Waals surface area contributed by atoms with E-state index in [9.17, 15) is 5.11 Å². The molecule has 0 radical (unpaired) electrons.